The van der Waals surface area contributed by atoms with Crippen molar-refractivity contribution >= 4 is 22.2 Å². The molecule has 0 radical (unpaired) electrons. The number of anilines is 1. The molecule has 1 heterocycles. The molecule has 1 amide bonds. The number of hydrogen-bond acceptors (Lipinski definition) is 4. The third kappa shape index (κ3) is 3.44. The van der Waals surface area contributed by atoms with E-state index in [1.54, 1.807) is 0 Å². The van der Waals surface area contributed by atoms with Gasteiger partial charge in [0.25, 0.3) is 5.91 Å². The van der Waals surface area contributed by atoms with E-state index in [1.807, 2.05) is 24.3 Å². The topological polar surface area (TPSA) is 62.1 Å². The zero-order chi connectivity index (χ0) is 17.1. The average molecular weight is 340 g/mol. The molecule has 0 atom stereocenters. The van der Waals surface area contributed by atoms with Crippen molar-refractivity contribution in [1.82, 2.24) is 0 Å². The number of amides is 1. The van der Waals surface area contributed by atoms with E-state index in [2.05, 4.69) is 25.2 Å². The van der Waals surface area contributed by atoms with Crippen LogP contribution in [0, 0.1) is 11.3 Å². The molecule has 4 nitrogen and oxygen atoms in total. The van der Waals surface area contributed by atoms with Gasteiger partial charge in [-0.2, -0.15) is 5.26 Å². The van der Waals surface area contributed by atoms with E-state index in [-0.39, 0.29) is 12.5 Å². The number of benzene rings is 1. The SMILES string of the molecule is CC(C)c1ccc(OCC(=O)Nc2sc3c(c2C#N)CCC3)cc1. The third-order valence-electron chi connectivity index (χ3n) is 4.20. The van der Waals surface area contributed by atoms with Crippen LogP contribution in [0.2, 0.25) is 0 Å². The molecule has 0 saturated carbocycles. The van der Waals surface area contributed by atoms with Gasteiger partial charge in [-0.25, -0.2) is 0 Å². The average Bonchev–Trinajstić information content (AvgIpc) is 3.13. The Bertz CT molecular complexity index is 785. The number of nitriles is 1. The molecule has 1 aromatic heterocycles. The Morgan fingerprint density at radius 3 is 2.75 bits per heavy atom. The van der Waals surface area contributed by atoms with Crippen molar-refractivity contribution in [1.29, 1.82) is 5.26 Å². The third-order valence-corrected chi connectivity index (χ3v) is 5.41. The molecule has 1 aliphatic rings. The van der Waals surface area contributed by atoms with Gasteiger partial charge >= 0.3 is 0 Å². The molecule has 0 unspecified atom stereocenters. The van der Waals surface area contributed by atoms with Gasteiger partial charge in [0.1, 0.15) is 16.8 Å². The summed E-state index contributed by atoms with van der Waals surface area (Å²) in [5, 5.41) is 12.8. The van der Waals surface area contributed by atoms with Gasteiger partial charge < -0.3 is 10.1 Å². The normalized spacial score (nSPS) is 12.8. The summed E-state index contributed by atoms with van der Waals surface area (Å²) in [5.74, 6) is 0.899. The van der Waals surface area contributed by atoms with Crippen LogP contribution in [0.4, 0.5) is 5.00 Å². The first-order chi connectivity index (χ1) is 11.6. The van der Waals surface area contributed by atoms with E-state index in [0.29, 0.717) is 22.2 Å². The second-order valence-corrected chi connectivity index (χ2v) is 7.34. The number of rotatable bonds is 5. The van der Waals surface area contributed by atoms with Crippen LogP contribution in [0.1, 0.15) is 47.8 Å². The molecule has 5 heteroatoms. The molecule has 124 valence electrons. The van der Waals surface area contributed by atoms with Crippen molar-refractivity contribution in [3.05, 3.63) is 45.8 Å². The van der Waals surface area contributed by atoms with Crippen LogP contribution < -0.4 is 10.1 Å². The lowest BCUT2D eigenvalue weighted by atomic mass is 10.0. The summed E-state index contributed by atoms with van der Waals surface area (Å²) in [5.41, 5.74) is 2.98. The lowest BCUT2D eigenvalue weighted by Gasteiger charge is -2.09. The number of aryl methyl sites for hydroxylation is 1. The number of fused-ring (bicyclic) bond motifs is 1. The standard InChI is InChI=1S/C19H20N2O2S/c1-12(2)13-6-8-14(9-7-13)23-11-18(22)21-19-16(10-20)15-4-3-5-17(15)24-19/h6-9,12H,3-5,11H2,1-2H3,(H,21,22). The number of ether oxygens (including phenoxy) is 1. The van der Waals surface area contributed by atoms with Gasteiger partial charge in [0.05, 0.1) is 5.56 Å². The van der Waals surface area contributed by atoms with E-state index < -0.39 is 0 Å². The summed E-state index contributed by atoms with van der Waals surface area (Å²) in [6, 6.07) is 10.0. The van der Waals surface area contributed by atoms with Crippen LogP contribution in [0.15, 0.2) is 24.3 Å². The predicted octanol–water partition coefficient (Wildman–Crippen LogP) is 4.25. The summed E-state index contributed by atoms with van der Waals surface area (Å²) in [7, 11) is 0. The van der Waals surface area contributed by atoms with Crippen LogP contribution >= 0.6 is 11.3 Å². The molecule has 24 heavy (non-hydrogen) atoms. The second-order valence-electron chi connectivity index (χ2n) is 6.23. The summed E-state index contributed by atoms with van der Waals surface area (Å²) < 4.78 is 5.54. The van der Waals surface area contributed by atoms with Crippen molar-refractivity contribution in [2.75, 3.05) is 11.9 Å². The lowest BCUT2D eigenvalue weighted by molar-refractivity contribution is -0.118. The number of nitrogens with zero attached hydrogens (tertiary/aromatic N) is 1. The van der Waals surface area contributed by atoms with Gasteiger partial charge in [-0.1, -0.05) is 26.0 Å². The summed E-state index contributed by atoms with van der Waals surface area (Å²) in [6.45, 7) is 4.21. The Kier molecular flexibility index (Phi) is 4.86. The van der Waals surface area contributed by atoms with Crippen molar-refractivity contribution in [3.8, 4) is 11.8 Å². The first-order valence-electron chi connectivity index (χ1n) is 8.15. The minimum atomic E-state index is -0.237. The first-order valence-corrected chi connectivity index (χ1v) is 8.97. The van der Waals surface area contributed by atoms with Crippen LogP contribution in [0.5, 0.6) is 5.75 Å². The van der Waals surface area contributed by atoms with Crippen molar-refractivity contribution in [3.63, 3.8) is 0 Å². The van der Waals surface area contributed by atoms with E-state index >= 15 is 0 Å². The van der Waals surface area contributed by atoms with Gasteiger partial charge in [0.15, 0.2) is 6.61 Å². The highest BCUT2D eigenvalue weighted by Crippen LogP contribution is 2.38. The number of thiophene rings is 1. The molecule has 1 aliphatic carbocycles. The summed E-state index contributed by atoms with van der Waals surface area (Å²) >= 11 is 1.52. The van der Waals surface area contributed by atoms with Gasteiger partial charge in [-0.3, -0.25) is 4.79 Å². The van der Waals surface area contributed by atoms with Crippen LogP contribution in [-0.4, -0.2) is 12.5 Å². The summed E-state index contributed by atoms with van der Waals surface area (Å²) in [6.07, 6.45) is 3.03. The minimum absolute atomic E-state index is 0.0611. The molecule has 0 fully saturated rings. The molecule has 0 aliphatic heterocycles. The molecular weight excluding hydrogens is 320 g/mol. The number of hydrogen-bond donors (Lipinski definition) is 1. The fourth-order valence-electron chi connectivity index (χ4n) is 2.87. The Morgan fingerprint density at radius 1 is 1.33 bits per heavy atom. The molecule has 1 N–H and O–H groups in total. The van der Waals surface area contributed by atoms with E-state index in [9.17, 15) is 10.1 Å². The monoisotopic (exact) mass is 340 g/mol. The maximum atomic E-state index is 12.1. The molecule has 2 aromatic rings. The zero-order valence-corrected chi connectivity index (χ0v) is 14.7. The maximum Gasteiger partial charge on any atom is 0.262 e. The molecule has 0 saturated heterocycles. The van der Waals surface area contributed by atoms with Crippen LogP contribution in [0.25, 0.3) is 0 Å². The van der Waals surface area contributed by atoms with E-state index in [4.69, 9.17) is 4.74 Å². The highest BCUT2D eigenvalue weighted by molar-refractivity contribution is 7.16. The van der Waals surface area contributed by atoms with Crippen molar-refractivity contribution in [2.45, 2.75) is 39.0 Å². The summed E-state index contributed by atoms with van der Waals surface area (Å²) in [4.78, 5) is 13.3. The Hall–Kier alpha value is -2.32. The Balaban J connectivity index is 1.59. The van der Waals surface area contributed by atoms with Crippen LogP contribution in [0.3, 0.4) is 0 Å². The minimum Gasteiger partial charge on any atom is -0.484 e. The molecule has 3 rings (SSSR count). The van der Waals surface area contributed by atoms with Crippen LogP contribution in [-0.2, 0) is 17.6 Å². The zero-order valence-electron chi connectivity index (χ0n) is 13.9. The first kappa shape index (κ1) is 16.5. The second kappa shape index (κ2) is 7.06. The maximum absolute atomic E-state index is 12.1. The largest absolute Gasteiger partial charge is 0.484 e. The number of nitrogens with one attached hydrogen (secondary N) is 1. The highest BCUT2D eigenvalue weighted by Gasteiger charge is 2.23. The molecule has 1 aromatic carbocycles. The van der Waals surface area contributed by atoms with Gasteiger partial charge in [0, 0.05) is 4.88 Å². The van der Waals surface area contributed by atoms with Gasteiger partial charge in [0.2, 0.25) is 0 Å². The highest BCUT2D eigenvalue weighted by atomic mass is 32.1. The number of carbonyl (C=O) groups is 1. The smallest absolute Gasteiger partial charge is 0.262 e. The molecule has 0 spiro atoms. The van der Waals surface area contributed by atoms with Gasteiger partial charge in [-0.05, 0) is 48.4 Å². The lowest BCUT2D eigenvalue weighted by Crippen LogP contribution is -2.20. The Morgan fingerprint density at radius 2 is 2.08 bits per heavy atom. The van der Waals surface area contributed by atoms with E-state index in [0.717, 1.165) is 24.8 Å². The molecule has 0 bridgehead atoms. The fourth-order valence-corrected chi connectivity index (χ4v) is 4.13. The van der Waals surface area contributed by atoms with Crippen molar-refractivity contribution < 1.29 is 9.53 Å². The van der Waals surface area contributed by atoms with Crippen molar-refractivity contribution in [2.24, 2.45) is 0 Å². The number of carbonyl (C=O) groups excluding carboxylic acids is 1. The van der Waals surface area contributed by atoms with Gasteiger partial charge in [-0.15, -0.1) is 11.3 Å². The molecular formula is C19H20N2O2S. The Labute approximate surface area is 146 Å². The predicted molar refractivity (Wildman–Crippen MR) is 95.7 cm³/mol. The fraction of sp³-hybridized carbons (Fsp3) is 0.368. The quantitative estimate of drug-likeness (QED) is 0.885. The van der Waals surface area contributed by atoms with E-state index in [1.165, 1.54) is 21.8 Å².